The molecule has 0 aliphatic carbocycles. The Labute approximate surface area is 133 Å². The van der Waals surface area contributed by atoms with Crippen LogP contribution in [0.2, 0.25) is 0 Å². The van der Waals surface area contributed by atoms with Gasteiger partial charge in [0.1, 0.15) is 0 Å². The minimum atomic E-state index is -0.938. The lowest BCUT2D eigenvalue weighted by Crippen LogP contribution is -2.46. The summed E-state index contributed by atoms with van der Waals surface area (Å²) in [7, 11) is 0. The van der Waals surface area contributed by atoms with Crippen LogP contribution in [0.15, 0.2) is 22.7 Å². The zero-order chi connectivity index (χ0) is 16.2. The number of carboxylic acid groups (broad SMARTS) is 1. The first-order valence-electron chi connectivity index (χ1n) is 6.65. The fraction of sp³-hybridized carbons (Fsp3) is 0.467. The number of urea groups is 1. The number of carbonyl (C=O) groups excluding carboxylic acids is 1. The van der Waals surface area contributed by atoms with Crippen LogP contribution in [0.5, 0.6) is 0 Å². The molecular weight excluding hydrogens is 336 g/mol. The lowest BCUT2D eigenvalue weighted by molar-refractivity contribution is -0.138. The van der Waals surface area contributed by atoms with E-state index in [9.17, 15) is 9.59 Å². The Morgan fingerprint density at radius 1 is 1.33 bits per heavy atom. The number of aliphatic carboxylic acids is 1. The topological polar surface area (TPSA) is 78.4 Å². The number of rotatable bonds is 4. The number of amides is 2. The summed E-state index contributed by atoms with van der Waals surface area (Å²) < 4.78 is 0.781. The Morgan fingerprint density at radius 2 is 1.95 bits per heavy atom. The molecule has 0 bridgehead atoms. The molecular formula is C15H21BrN2O3. The van der Waals surface area contributed by atoms with Gasteiger partial charge in [0.15, 0.2) is 0 Å². The highest BCUT2D eigenvalue weighted by atomic mass is 79.9. The zero-order valence-electron chi connectivity index (χ0n) is 12.7. The van der Waals surface area contributed by atoms with Crippen LogP contribution in [-0.4, -0.2) is 23.1 Å². The number of aryl methyl sites for hydroxylation is 1. The van der Waals surface area contributed by atoms with Crippen LogP contribution in [0, 0.1) is 12.3 Å². The van der Waals surface area contributed by atoms with Crippen LogP contribution in [0.4, 0.5) is 10.5 Å². The summed E-state index contributed by atoms with van der Waals surface area (Å²) in [5, 5.41) is 14.4. The van der Waals surface area contributed by atoms with Gasteiger partial charge < -0.3 is 15.7 Å². The maximum absolute atomic E-state index is 12.1. The van der Waals surface area contributed by atoms with Crippen molar-refractivity contribution in [2.45, 2.75) is 40.2 Å². The summed E-state index contributed by atoms with van der Waals surface area (Å²) in [6.07, 6.45) is -0.119. The molecule has 1 atom stereocenters. The number of nitrogens with one attached hydrogen (secondary N) is 2. The van der Waals surface area contributed by atoms with E-state index in [4.69, 9.17) is 5.11 Å². The average molecular weight is 357 g/mol. The van der Waals surface area contributed by atoms with Crippen LogP contribution < -0.4 is 10.6 Å². The average Bonchev–Trinajstić information content (AvgIpc) is 2.30. The standard InChI is InChI=1S/C15H21BrN2O3/c1-9-5-6-11(10(16)7-9)17-14(21)18-12(8-13(19)20)15(2,3)4/h5-7,12H,8H2,1-4H3,(H,19,20)(H2,17,18,21). The summed E-state index contributed by atoms with van der Waals surface area (Å²) in [5.41, 5.74) is 1.37. The molecule has 0 aromatic heterocycles. The molecule has 0 heterocycles. The van der Waals surface area contributed by atoms with Crippen molar-refractivity contribution in [3.63, 3.8) is 0 Å². The minimum Gasteiger partial charge on any atom is -0.481 e. The summed E-state index contributed by atoms with van der Waals surface area (Å²) in [6, 6.07) is 4.70. The number of hydrogen-bond acceptors (Lipinski definition) is 2. The van der Waals surface area contributed by atoms with Crippen molar-refractivity contribution >= 4 is 33.6 Å². The van der Waals surface area contributed by atoms with Gasteiger partial charge in [-0.05, 0) is 46.0 Å². The third-order valence-electron chi connectivity index (χ3n) is 3.10. The van der Waals surface area contributed by atoms with E-state index in [1.807, 2.05) is 39.8 Å². The molecule has 0 saturated carbocycles. The van der Waals surface area contributed by atoms with Crippen molar-refractivity contribution in [2.24, 2.45) is 5.41 Å². The summed E-state index contributed by atoms with van der Waals surface area (Å²) in [4.78, 5) is 23.0. The smallest absolute Gasteiger partial charge is 0.319 e. The zero-order valence-corrected chi connectivity index (χ0v) is 14.2. The molecule has 116 valence electrons. The van der Waals surface area contributed by atoms with Crippen molar-refractivity contribution in [1.82, 2.24) is 5.32 Å². The van der Waals surface area contributed by atoms with Gasteiger partial charge in [-0.25, -0.2) is 4.79 Å². The van der Waals surface area contributed by atoms with Crippen LogP contribution in [0.25, 0.3) is 0 Å². The fourth-order valence-electron chi connectivity index (χ4n) is 1.79. The van der Waals surface area contributed by atoms with E-state index in [0.717, 1.165) is 10.0 Å². The molecule has 1 rings (SSSR count). The van der Waals surface area contributed by atoms with Crippen molar-refractivity contribution in [2.75, 3.05) is 5.32 Å². The molecule has 2 amide bonds. The molecule has 1 unspecified atom stereocenters. The van der Waals surface area contributed by atoms with Gasteiger partial charge in [-0.2, -0.15) is 0 Å². The van der Waals surface area contributed by atoms with Crippen molar-refractivity contribution in [3.8, 4) is 0 Å². The molecule has 0 aliphatic heterocycles. The molecule has 0 radical (unpaired) electrons. The minimum absolute atomic E-state index is 0.119. The second kappa shape index (κ2) is 6.93. The normalized spacial score (nSPS) is 12.6. The SMILES string of the molecule is Cc1ccc(NC(=O)NC(CC(=O)O)C(C)(C)C)c(Br)c1. The Hall–Kier alpha value is -1.56. The van der Waals surface area contributed by atoms with E-state index in [0.29, 0.717) is 5.69 Å². The van der Waals surface area contributed by atoms with Crippen molar-refractivity contribution < 1.29 is 14.7 Å². The lowest BCUT2D eigenvalue weighted by Gasteiger charge is -2.30. The number of halogens is 1. The number of carbonyl (C=O) groups is 2. The molecule has 0 fully saturated rings. The highest BCUT2D eigenvalue weighted by Crippen LogP contribution is 2.24. The molecule has 3 N–H and O–H groups in total. The Morgan fingerprint density at radius 3 is 2.43 bits per heavy atom. The second-order valence-electron chi connectivity index (χ2n) is 6.10. The quantitative estimate of drug-likeness (QED) is 0.768. The highest BCUT2D eigenvalue weighted by Gasteiger charge is 2.28. The largest absolute Gasteiger partial charge is 0.481 e. The first-order valence-corrected chi connectivity index (χ1v) is 7.44. The Balaban J connectivity index is 2.76. The molecule has 1 aromatic rings. The predicted molar refractivity (Wildman–Crippen MR) is 86.5 cm³/mol. The maximum Gasteiger partial charge on any atom is 0.319 e. The Bertz CT molecular complexity index is 538. The molecule has 21 heavy (non-hydrogen) atoms. The summed E-state index contributed by atoms with van der Waals surface area (Å²) in [6.45, 7) is 7.63. The van der Waals surface area contributed by atoms with Gasteiger partial charge in [-0.3, -0.25) is 4.79 Å². The van der Waals surface area contributed by atoms with E-state index >= 15 is 0 Å². The summed E-state index contributed by atoms with van der Waals surface area (Å²) >= 11 is 3.39. The van der Waals surface area contributed by atoms with E-state index in [-0.39, 0.29) is 11.8 Å². The summed E-state index contributed by atoms with van der Waals surface area (Å²) in [5.74, 6) is -0.938. The third-order valence-corrected chi connectivity index (χ3v) is 3.76. The van der Waals surface area contributed by atoms with Crippen molar-refractivity contribution in [1.29, 1.82) is 0 Å². The molecule has 0 spiro atoms. The highest BCUT2D eigenvalue weighted by molar-refractivity contribution is 9.10. The molecule has 1 aromatic carbocycles. The van der Waals surface area contributed by atoms with Crippen LogP contribution in [-0.2, 0) is 4.79 Å². The first-order chi connectivity index (χ1) is 9.59. The number of carboxylic acids is 1. The monoisotopic (exact) mass is 356 g/mol. The molecule has 0 aliphatic rings. The van der Waals surface area contributed by atoms with Crippen LogP contribution in [0.3, 0.4) is 0 Å². The van der Waals surface area contributed by atoms with Crippen LogP contribution >= 0.6 is 15.9 Å². The molecule has 0 saturated heterocycles. The van der Waals surface area contributed by atoms with Gasteiger partial charge >= 0.3 is 12.0 Å². The van der Waals surface area contributed by atoms with Crippen LogP contribution in [0.1, 0.15) is 32.8 Å². The van der Waals surface area contributed by atoms with Crippen molar-refractivity contribution in [3.05, 3.63) is 28.2 Å². The number of hydrogen-bond donors (Lipinski definition) is 3. The fourth-order valence-corrected chi connectivity index (χ4v) is 2.38. The maximum atomic E-state index is 12.1. The van der Waals surface area contributed by atoms with E-state index in [1.54, 1.807) is 6.07 Å². The molecule has 6 heteroatoms. The van der Waals surface area contributed by atoms with Gasteiger partial charge in [-0.15, -0.1) is 0 Å². The first kappa shape index (κ1) is 17.5. The molecule has 5 nitrogen and oxygen atoms in total. The Kier molecular flexibility index (Phi) is 5.78. The van der Waals surface area contributed by atoms with Gasteiger partial charge in [0.05, 0.1) is 12.1 Å². The lowest BCUT2D eigenvalue weighted by atomic mass is 9.85. The predicted octanol–water partition coefficient (Wildman–Crippen LogP) is 3.77. The number of benzene rings is 1. The third kappa shape index (κ3) is 5.75. The van der Waals surface area contributed by atoms with E-state index < -0.39 is 18.0 Å². The van der Waals surface area contributed by atoms with Gasteiger partial charge in [0.2, 0.25) is 0 Å². The van der Waals surface area contributed by atoms with E-state index in [1.165, 1.54) is 0 Å². The second-order valence-corrected chi connectivity index (χ2v) is 6.95. The van der Waals surface area contributed by atoms with Gasteiger partial charge in [0, 0.05) is 10.5 Å². The van der Waals surface area contributed by atoms with Gasteiger partial charge in [0.25, 0.3) is 0 Å². The number of anilines is 1. The van der Waals surface area contributed by atoms with E-state index in [2.05, 4.69) is 26.6 Å². The van der Waals surface area contributed by atoms with Gasteiger partial charge in [-0.1, -0.05) is 26.8 Å².